The highest BCUT2D eigenvalue weighted by molar-refractivity contribution is 5.97. The van der Waals surface area contributed by atoms with Crippen molar-refractivity contribution < 1.29 is 19.0 Å². The molecular weight excluding hydrogens is 330 g/mol. The van der Waals surface area contributed by atoms with Crippen LogP contribution in [0.15, 0.2) is 24.3 Å². The highest BCUT2D eigenvalue weighted by Crippen LogP contribution is 2.44. The van der Waals surface area contributed by atoms with Crippen molar-refractivity contribution in [3.05, 3.63) is 29.8 Å². The quantitative estimate of drug-likeness (QED) is 0.782. The Morgan fingerprint density at radius 1 is 1.19 bits per heavy atom. The Kier molecular flexibility index (Phi) is 4.93. The minimum atomic E-state index is -0.225. The van der Waals surface area contributed by atoms with Crippen LogP contribution in [0.4, 0.5) is 0 Å². The molecule has 142 valence electrons. The maximum atomic E-state index is 13.3. The van der Waals surface area contributed by atoms with Crippen molar-refractivity contribution in [1.82, 2.24) is 4.90 Å². The largest absolute Gasteiger partial charge is 0.496 e. The van der Waals surface area contributed by atoms with Gasteiger partial charge in [-0.3, -0.25) is 4.79 Å². The van der Waals surface area contributed by atoms with E-state index in [9.17, 15) is 4.79 Å². The second-order valence-corrected chi connectivity index (χ2v) is 7.91. The van der Waals surface area contributed by atoms with Crippen LogP contribution in [0.5, 0.6) is 5.75 Å². The zero-order valence-corrected chi connectivity index (χ0v) is 15.8. The second kappa shape index (κ2) is 7.20. The summed E-state index contributed by atoms with van der Waals surface area (Å²) in [7, 11) is 3.40. The number of amides is 1. The van der Waals surface area contributed by atoms with Gasteiger partial charge in [0.05, 0.1) is 30.4 Å². The molecule has 0 N–H and O–H groups in total. The first-order chi connectivity index (χ1) is 12.7. The Morgan fingerprint density at radius 2 is 2.00 bits per heavy atom. The van der Waals surface area contributed by atoms with E-state index in [0.29, 0.717) is 11.3 Å². The molecule has 4 rings (SSSR count). The fourth-order valence-electron chi connectivity index (χ4n) is 4.59. The van der Waals surface area contributed by atoms with E-state index in [-0.39, 0.29) is 23.7 Å². The van der Waals surface area contributed by atoms with Gasteiger partial charge in [-0.1, -0.05) is 12.1 Å². The highest BCUT2D eigenvalue weighted by atomic mass is 16.5. The molecule has 3 fully saturated rings. The van der Waals surface area contributed by atoms with Crippen LogP contribution in [-0.2, 0) is 9.47 Å². The van der Waals surface area contributed by atoms with Crippen LogP contribution >= 0.6 is 0 Å². The van der Waals surface area contributed by atoms with Gasteiger partial charge >= 0.3 is 0 Å². The lowest BCUT2D eigenvalue weighted by molar-refractivity contribution is -0.0977. The van der Waals surface area contributed by atoms with Crippen molar-refractivity contribution in [2.45, 2.75) is 56.3 Å². The average molecular weight is 359 g/mol. The third kappa shape index (κ3) is 3.23. The van der Waals surface area contributed by atoms with Gasteiger partial charge in [0, 0.05) is 20.3 Å². The van der Waals surface area contributed by atoms with Gasteiger partial charge in [0.2, 0.25) is 0 Å². The molecule has 1 saturated heterocycles. The van der Waals surface area contributed by atoms with E-state index >= 15 is 0 Å². The molecule has 2 saturated carbocycles. The van der Waals surface area contributed by atoms with Crippen LogP contribution in [0.2, 0.25) is 0 Å². The summed E-state index contributed by atoms with van der Waals surface area (Å²) in [5, 5.41) is 0. The summed E-state index contributed by atoms with van der Waals surface area (Å²) < 4.78 is 17.5. The molecule has 5 heteroatoms. The molecule has 3 atom stereocenters. The lowest BCUT2D eigenvalue weighted by Crippen LogP contribution is -2.53. The normalized spacial score (nSPS) is 30.9. The first kappa shape index (κ1) is 17.8. The van der Waals surface area contributed by atoms with Gasteiger partial charge in [-0.2, -0.15) is 0 Å². The number of fused-ring (bicyclic) bond motifs is 1. The number of methoxy groups -OCH3 is 2. The van der Waals surface area contributed by atoms with Crippen LogP contribution in [0.25, 0.3) is 0 Å². The molecule has 1 aliphatic heterocycles. The van der Waals surface area contributed by atoms with Gasteiger partial charge < -0.3 is 19.1 Å². The van der Waals surface area contributed by atoms with Gasteiger partial charge in [0.15, 0.2) is 0 Å². The lowest BCUT2D eigenvalue weighted by Gasteiger charge is -2.43. The van der Waals surface area contributed by atoms with Crippen molar-refractivity contribution in [3.8, 4) is 5.75 Å². The lowest BCUT2D eigenvalue weighted by atomic mass is 9.79. The molecule has 2 aliphatic carbocycles. The maximum Gasteiger partial charge on any atom is 0.257 e. The number of carbonyl (C=O) groups excluding carboxylic acids is 1. The van der Waals surface area contributed by atoms with Crippen LogP contribution in [0.1, 0.15) is 48.9 Å². The molecule has 0 radical (unpaired) electrons. The Hall–Kier alpha value is -1.59. The molecule has 1 aromatic carbocycles. The molecule has 0 spiro atoms. The predicted molar refractivity (Wildman–Crippen MR) is 98.5 cm³/mol. The summed E-state index contributed by atoms with van der Waals surface area (Å²) in [6, 6.07) is 7.54. The van der Waals surface area contributed by atoms with Crippen LogP contribution in [0, 0.1) is 5.92 Å². The standard InChI is InChI=1S/C21H29NO4/c1-24-18-6-4-3-5-17(18)20(23)22-12-11-21(25-2)10-9-16(13-19(21)22)26-14-15-7-8-15/h3-6,15-16,19H,7-14H2,1-2H3/t16-,19-,21+/m0/s1. The molecule has 0 aromatic heterocycles. The molecule has 1 amide bonds. The maximum absolute atomic E-state index is 13.3. The molecular formula is C21H29NO4. The van der Waals surface area contributed by atoms with Crippen molar-refractivity contribution >= 4 is 5.91 Å². The smallest absolute Gasteiger partial charge is 0.257 e. The molecule has 5 nitrogen and oxygen atoms in total. The Morgan fingerprint density at radius 3 is 2.73 bits per heavy atom. The number of hydrogen-bond acceptors (Lipinski definition) is 4. The Bertz CT molecular complexity index is 659. The third-order valence-electron chi connectivity index (χ3n) is 6.40. The number of para-hydroxylation sites is 1. The highest BCUT2D eigenvalue weighted by Gasteiger charge is 2.53. The van der Waals surface area contributed by atoms with Gasteiger partial charge in [0.1, 0.15) is 5.75 Å². The minimum absolute atomic E-state index is 0.0363. The summed E-state index contributed by atoms with van der Waals surface area (Å²) in [6.07, 6.45) is 6.57. The van der Waals surface area contributed by atoms with Gasteiger partial charge in [-0.15, -0.1) is 0 Å². The molecule has 1 aromatic rings. The zero-order chi connectivity index (χ0) is 18.1. The predicted octanol–water partition coefficient (Wildman–Crippen LogP) is 3.27. The number of carbonyl (C=O) groups is 1. The number of likely N-dealkylation sites (tertiary alicyclic amines) is 1. The number of ether oxygens (including phenoxy) is 3. The summed E-state index contributed by atoms with van der Waals surface area (Å²) in [6.45, 7) is 1.60. The van der Waals surface area contributed by atoms with Crippen molar-refractivity contribution in [2.24, 2.45) is 5.92 Å². The van der Waals surface area contributed by atoms with E-state index in [2.05, 4.69) is 0 Å². The summed E-state index contributed by atoms with van der Waals surface area (Å²) in [4.78, 5) is 15.3. The number of hydrogen-bond donors (Lipinski definition) is 0. The van der Waals surface area contributed by atoms with Gasteiger partial charge in [-0.05, 0) is 56.6 Å². The fourth-order valence-corrected chi connectivity index (χ4v) is 4.59. The summed E-state index contributed by atoms with van der Waals surface area (Å²) in [5.41, 5.74) is 0.403. The monoisotopic (exact) mass is 359 g/mol. The number of rotatable bonds is 6. The van der Waals surface area contributed by atoms with E-state index < -0.39 is 0 Å². The summed E-state index contributed by atoms with van der Waals surface area (Å²) in [5.74, 6) is 1.43. The SMILES string of the molecule is COc1ccccc1C(=O)N1CC[C@]2(OC)CC[C@H](OCC3CC3)C[C@H]12. The van der Waals surface area contributed by atoms with Crippen LogP contribution < -0.4 is 4.74 Å². The minimum Gasteiger partial charge on any atom is -0.496 e. The molecule has 26 heavy (non-hydrogen) atoms. The first-order valence-electron chi connectivity index (χ1n) is 9.77. The third-order valence-corrected chi connectivity index (χ3v) is 6.40. The van der Waals surface area contributed by atoms with Crippen molar-refractivity contribution in [1.29, 1.82) is 0 Å². The molecule has 1 heterocycles. The zero-order valence-electron chi connectivity index (χ0n) is 15.8. The molecule has 3 aliphatic rings. The Balaban J connectivity index is 1.53. The second-order valence-electron chi connectivity index (χ2n) is 7.91. The van der Waals surface area contributed by atoms with Crippen molar-refractivity contribution in [2.75, 3.05) is 27.4 Å². The Labute approximate surface area is 155 Å². The molecule has 0 unspecified atom stereocenters. The topological polar surface area (TPSA) is 48.0 Å². The number of nitrogens with zero attached hydrogens (tertiary/aromatic N) is 1. The molecule has 0 bridgehead atoms. The van der Waals surface area contributed by atoms with E-state index in [1.165, 1.54) is 12.8 Å². The first-order valence-corrected chi connectivity index (χ1v) is 9.77. The van der Waals surface area contributed by atoms with Gasteiger partial charge in [-0.25, -0.2) is 0 Å². The van der Waals surface area contributed by atoms with E-state index in [1.54, 1.807) is 14.2 Å². The van der Waals surface area contributed by atoms with Gasteiger partial charge in [0.25, 0.3) is 5.91 Å². The van der Waals surface area contributed by atoms with Crippen LogP contribution in [-0.4, -0.2) is 55.9 Å². The van der Waals surface area contributed by atoms with E-state index in [4.69, 9.17) is 14.2 Å². The van der Waals surface area contributed by atoms with E-state index in [1.807, 2.05) is 29.2 Å². The van der Waals surface area contributed by atoms with E-state index in [0.717, 1.165) is 44.8 Å². The van der Waals surface area contributed by atoms with Crippen LogP contribution in [0.3, 0.4) is 0 Å². The van der Waals surface area contributed by atoms with Crippen molar-refractivity contribution in [3.63, 3.8) is 0 Å². The number of benzene rings is 1. The fraction of sp³-hybridized carbons (Fsp3) is 0.667. The average Bonchev–Trinajstić information content (AvgIpc) is 3.44. The summed E-state index contributed by atoms with van der Waals surface area (Å²) >= 11 is 0.